The van der Waals surface area contributed by atoms with Crippen molar-refractivity contribution in [2.75, 3.05) is 0 Å². The van der Waals surface area contributed by atoms with Gasteiger partial charge in [0.1, 0.15) is 0 Å². The molecule has 3 N–H and O–H groups in total. The van der Waals surface area contributed by atoms with Crippen LogP contribution in [0.1, 0.15) is 62.2 Å². The zero-order valence-corrected chi connectivity index (χ0v) is 18.0. The topological polar surface area (TPSA) is 111 Å². The van der Waals surface area contributed by atoms with Crippen molar-refractivity contribution in [1.29, 1.82) is 0 Å². The summed E-state index contributed by atoms with van der Waals surface area (Å²) in [6, 6.07) is 6.47. The number of hydrogen-bond acceptors (Lipinski definition) is 5. The number of fused-ring (bicyclic) bond motifs is 2. The van der Waals surface area contributed by atoms with Gasteiger partial charge in [0.2, 0.25) is 0 Å². The number of amides is 3. The summed E-state index contributed by atoms with van der Waals surface area (Å²) >= 11 is 0. The maximum Gasteiger partial charge on any atom is 0.339 e. The van der Waals surface area contributed by atoms with E-state index in [1.54, 1.807) is 0 Å². The van der Waals surface area contributed by atoms with Gasteiger partial charge in [-0.15, -0.1) is 0 Å². The Labute approximate surface area is 176 Å². The number of urea groups is 1. The average molecular weight is 412 g/mol. The van der Waals surface area contributed by atoms with Crippen LogP contribution in [0.2, 0.25) is 0 Å². The molecule has 1 aliphatic carbocycles. The Bertz CT molecular complexity index is 999. The number of carbonyl (C=O) groups is 3. The van der Waals surface area contributed by atoms with Gasteiger partial charge >= 0.3 is 12.0 Å². The number of pyridine rings is 1. The van der Waals surface area contributed by atoms with E-state index in [9.17, 15) is 14.4 Å². The van der Waals surface area contributed by atoms with Crippen LogP contribution in [0.4, 0.5) is 4.79 Å². The first-order valence-corrected chi connectivity index (χ1v) is 10.4. The SMILES string of the molecule is CCC(C)(C)C1CCc2nc3ccccc3c(C(=O)OC(C)C(=O)NC(N)=O)c2C1. The Morgan fingerprint density at radius 2 is 2.00 bits per heavy atom. The third-order valence-electron chi connectivity index (χ3n) is 6.38. The van der Waals surface area contributed by atoms with Crippen LogP contribution >= 0.6 is 0 Å². The van der Waals surface area contributed by atoms with Gasteiger partial charge in [0, 0.05) is 11.1 Å². The van der Waals surface area contributed by atoms with E-state index in [1.807, 2.05) is 29.6 Å². The minimum atomic E-state index is -1.15. The molecule has 0 fully saturated rings. The van der Waals surface area contributed by atoms with E-state index in [1.165, 1.54) is 6.92 Å². The number of esters is 1. The van der Waals surface area contributed by atoms with Crippen LogP contribution in [-0.2, 0) is 22.4 Å². The standard InChI is InChI=1S/C23H29N3O4/c1-5-23(3,4)14-10-11-18-16(12-14)19(15-8-6-7-9-17(15)25-18)21(28)30-13(2)20(27)26-22(24)29/h6-9,13-14H,5,10-12H2,1-4H3,(H3,24,26,27,29). The maximum atomic E-state index is 13.2. The van der Waals surface area contributed by atoms with Gasteiger partial charge < -0.3 is 10.5 Å². The number of carbonyl (C=O) groups excluding carboxylic acids is 3. The zero-order valence-electron chi connectivity index (χ0n) is 18.0. The van der Waals surface area contributed by atoms with Gasteiger partial charge in [-0.2, -0.15) is 0 Å². The Balaban J connectivity index is 2.02. The summed E-state index contributed by atoms with van der Waals surface area (Å²) in [6.45, 7) is 8.11. The van der Waals surface area contributed by atoms with Crippen LogP contribution in [-0.4, -0.2) is 29.0 Å². The quantitative estimate of drug-likeness (QED) is 0.731. The summed E-state index contributed by atoms with van der Waals surface area (Å²) in [7, 11) is 0. The molecule has 1 aromatic carbocycles. The molecule has 2 atom stereocenters. The molecule has 0 bridgehead atoms. The molecule has 0 radical (unpaired) electrons. The van der Waals surface area contributed by atoms with E-state index in [-0.39, 0.29) is 5.41 Å². The summed E-state index contributed by atoms with van der Waals surface area (Å²) in [5, 5.41) is 2.65. The van der Waals surface area contributed by atoms with Crippen molar-refractivity contribution in [2.24, 2.45) is 17.1 Å². The highest BCUT2D eigenvalue weighted by Crippen LogP contribution is 2.41. The molecule has 7 nitrogen and oxygen atoms in total. The lowest BCUT2D eigenvalue weighted by atomic mass is 9.68. The van der Waals surface area contributed by atoms with Crippen LogP contribution in [0.3, 0.4) is 0 Å². The number of nitrogens with one attached hydrogen (secondary N) is 1. The molecule has 0 saturated heterocycles. The zero-order chi connectivity index (χ0) is 22.1. The number of rotatable bonds is 5. The summed E-state index contributed by atoms with van der Waals surface area (Å²) in [6.07, 6.45) is 2.44. The van der Waals surface area contributed by atoms with Gasteiger partial charge in [-0.3, -0.25) is 15.1 Å². The number of ether oxygens (including phenoxy) is 1. The van der Waals surface area contributed by atoms with Crippen LogP contribution in [0, 0.1) is 11.3 Å². The Kier molecular flexibility index (Phi) is 6.10. The van der Waals surface area contributed by atoms with Gasteiger partial charge in [0.15, 0.2) is 6.10 Å². The number of nitrogens with two attached hydrogens (primary N) is 1. The minimum absolute atomic E-state index is 0.138. The number of imide groups is 1. The van der Waals surface area contributed by atoms with Crippen molar-refractivity contribution in [3.8, 4) is 0 Å². The van der Waals surface area contributed by atoms with Crippen LogP contribution in [0.5, 0.6) is 0 Å². The van der Waals surface area contributed by atoms with Crippen molar-refractivity contribution < 1.29 is 19.1 Å². The minimum Gasteiger partial charge on any atom is -0.449 e. The molecule has 3 rings (SSSR count). The summed E-state index contributed by atoms with van der Waals surface area (Å²) in [5.41, 5.74) is 8.13. The molecule has 7 heteroatoms. The lowest BCUT2D eigenvalue weighted by molar-refractivity contribution is -0.127. The normalized spacial score (nSPS) is 17.1. The monoisotopic (exact) mass is 411 g/mol. The van der Waals surface area contributed by atoms with Crippen molar-refractivity contribution in [2.45, 2.75) is 59.5 Å². The fourth-order valence-corrected chi connectivity index (χ4v) is 4.07. The molecule has 30 heavy (non-hydrogen) atoms. The van der Waals surface area contributed by atoms with E-state index < -0.39 is 24.0 Å². The van der Waals surface area contributed by atoms with Crippen LogP contribution in [0.25, 0.3) is 10.9 Å². The second kappa shape index (κ2) is 8.42. The van der Waals surface area contributed by atoms with Crippen LogP contribution in [0.15, 0.2) is 24.3 Å². The third kappa shape index (κ3) is 4.30. The number of aromatic nitrogens is 1. The van der Waals surface area contributed by atoms with E-state index in [4.69, 9.17) is 15.5 Å². The molecular weight excluding hydrogens is 382 g/mol. The van der Waals surface area contributed by atoms with Crippen molar-refractivity contribution in [3.63, 3.8) is 0 Å². The highest BCUT2D eigenvalue weighted by Gasteiger charge is 2.35. The molecule has 160 valence electrons. The Hall–Kier alpha value is -2.96. The first-order valence-electron chi connectivity index (χ1n) is 10.4. The second-order valence-electron chi connectivity index (χ2n) is 8.61. The number of hydrogen-bond donors (Lipinski definition) is 2. The number of aryl methyl sites for hydroxylation is 1. The van der Waals surface area contributed by atoms with Crippen molar-refractivity contribution in [1.82, 2.24) is 10.3 Å². The van der Waals surface area contributed by atoms with Gasteiger partial charge in [-0.05, 0) is 49.1 Å². The van der Waals surface area contributed by atoms with Crippen LogP contribution < -0.4 is 11.1 Å². The number of benzene rings is 1. The summed E-state index contributed by atoms with van der Waals surface area (Å²) in [4.78, 5) is 40.9. The highest BCUT2D eigenvalue weighted by atomic mass is 16.5. The van der Waals surface area contributed by atoms with E-state index in [0.29, 0.717) is 16.9 Å². The van der Waals surface area contributed by atoms with Gasteiger partial charge in [-0.25, -0.2) is 9.59 Å². The molecule has 1 aromatic heterocycles. The van der Waals surface area contributed by atoms with E-state index in [2.05, 4.69) is 20.8 Å². The first kappa shape index (κ1) is 21.7. The molecule has 1 aliphatic rings. The number of nitrogens with zero attached hydrogens (tertiary/aromatic N) is 1. The third-order valence-corrected chi connectivity index (χ3v) is 6.38. The Morgan fingerprint density at radius 3 is 2.67 bits per heavy atom. The molecule has 0 aliphatic heterocycles. The smallest absolute Gasteiger partial charge is 0.339 e. The first-order chi connectivity index (χ1) is 14.1. The van der Waals surface area contributed by atoms with Gasteiger partial charge in [0.25, 0.3) is 5.91 Å². The Morgan fingerprint density at radius 1 is 1.30 bits per heavy atom. The van der Waals surface area contributed by atoms with E-state index >= 15 is 0 Å². The molecule has 1 heterocycles. The highest BCUT2D eigenvalue weighted by molar-refractivity contribution is 6.06. The second-order valence-corrected chi connectivity index (χ2v) is 8.61. The lowest BCUT2D eigenvalue weighted by Gasteiger charge is -2.37. The molecule has 0 spiro atoms. The van der Waals surface area contributed by atoms with Gasteiger partial charge in [0.05, 0.1) is 11.1 Å². The summed E-state index contributed by atoms with van der Waals surface area (Å²) in [5.74, 6) is -0.930. The molecular formula is C23H29N3O4. The van der Waals surface area contributed by atoms with E-state index in [0.717, 1.165) is 42.5 Å². The molecule has 0 saturated carbocycles. The van der Waals surface area contributed by atoms with Gasteiger partial charge in [-0.1, -0.05) is 45.4 Å². The fourth-order valence-electron chi connectivity index (χ4n) is 4.07. The van der Waals surface area contributed by atoms with Crippen molar-refractivity contribution >= 4 is 28.8 Å². The number of para-hydroxylation sites is 1. The fraction of sp³-hybridized carbons (Fsp3) is 0.478. The lowest BCUT2D eigenvalue weighted by Crippen LogP contribution is -2.42. The largest absolute Gasteiger partial charge is 0.449 e. The predicted molar refractivity (Wildman–Crippen MR) is 114 cm³/mol. The average Bonchev–Trinajstić information content (AvgIpc) is 2.70. The maximum absolute atomic E-state index is 13.2. The van der Waals surface area contributed by atoms with Crippen molar-refractivity contribution in [3.05, 3.63) is 41.1 Å². The molecule has 2 aromatic rings. The number of primary amides is 1. The molecule has 2 unspecified atom stereocenters. The molecule has 3 amide bonds. The summed E-state index contributed by atoms with van der Waals surface area (Å²) < 4.78 is 5.43. The predicted octanol–water partition coefficient (Wildman–Crippen LogP) is 3.52.